The van der Waals surface area contributed by atoms with E-state index in [1.54, 1.807) is 0 Å². The molecule has 20 heavy (non-hydrogen) atoms. The first-order chi connectivity index (χ1) is 9.74. The number of hydrogen-bond donors (Lipinski definition) is 1. The second-order valence-electron chi connectivity index (χ2n) is 4.71. The molecule has 0 amide bonds. The molecule has 1 N–H and O–H groups in total. The third-order valence-electron chi connectivity index (χ3n) is 3.16. The minimum absolute atomic E-state index is 0.728. The van der Waals surface area contributed by atoms with Crippen LogP contribution in [-0.2, 0) is 6.54 Å². The first-order valence-corrected chi connectivity index (χ1v) is 7.21. The molecule has 0 aliphatic rings. The molecule has 0 spiro atoms. The highest BCUT2D eigenvalue weighted by molar-refractivity contribution is 9.10. The highest BCUT2D eigenvalue weighted by atomic mass is 79.9. The largest absolute Gasteiger partial charge is 0.380 e. The summed E-state index contributed by atoms with van der Waals surface area (Å²) in [5, 5.41) is 4.53. The quantitative estimate of drug-likeness (QED) is 0.778. The van der Waals surface area contributed by atoms with Crippen LogP contribution in [0, 0.1) is 6.92 Å². The van der Waals surface area contributed by atoms with Crippen LogP contribution in [0.3, 0.4) is 0 Å². The van der Waals surface area contributed by atoms with Crippen molar-refractivity contribution in [3.05, 3.63) is 64.5 Å². The van der Waals surface area contributed by atoms with Gasteiger partial charge in [0.05, 0.1) is 11.2 Å². The van der Waals surface area contributed by atoms with E-state index < -0.39 is 0 Å². The van der Waals surface area contributed by atoms with Gasteiger partial charge in [-0.3, -0.25) is 9.97 Å². The summed E-state index contributed by atoms with van der Waals surface area (Å²) in [6.45, 7) is 2.76. The molecular formula is C16H14BrN3. The molecule has 0 saturated carbocycles. The number of rotatable bonds is 3. The average molecular weight is 328 g/mol. The second-order valence-corrected chi connectivity index (χ2v) is 5.56. The first-order valence-electron chi connectivity index (χ1n) is 6.42. The number of hydrogen-bond acceptors (Lipinski definition) is 3. The van der Waals surface area contributed by atoms with E-state index in [1.165, 1.54) is 5.56 Å². The van der Waals surface area contributed by atoms with Gasteiger partial charge in [-0.1, -0.05) is 28.1 Å². The van der Waals surface area contributed by atoms with Crippen LogP contribution in [0.4, 0.5) is 5.69 Å². The number of aromatic nitrogens is 2. The van der Waals surface area contributed by atoms with E-state index >= 15 is 0 Å². The lowest BCUT2D eigenvalue weighted by molar-refractivity contribution is 1.13. The average Bonchev–Trinajstić information content (AvgIpc) is 2.47. The van der Waals surface area contributed by atoms with Gasteiger partial charge in [-0.15, -0.1) is 0 Å². The number of pyridine rings is 2. The van der Waals surface area contributed by atoms with Crippen LogP contribution < -0.4 is 5.32 Å². The van der Waals surface area contributed by atoms with E-state index in [2.05, 4.69) is 55.5 Å². The summed E-state index contributed by atoms with van der Waals surface area (Å²) in [6.07, 6.45) is 5.51. The zero-order valence-electron chi connectivity index (χ0n) is 11.1. The van der Waals surface area contributed by atoms with Crippen LogP contribution in [0.15, 0.2) is 53.4 Å². The van der Waals surface area contributed by atoms with Crippen molar-refractivity contribution in [1.82, 2.24) is 9.97 Å². The van der Waals surface area contributed by atoms with Gasteiger partial charge in [0.15, 0.2) is 0 Å². The van der Waals surface area contributed by atoms with Crippen molar-refractivity contribution < 1.29 is 0 Å². The highest BCUT2D eigenvalue weighted by Gasteiger charge is 2.05. The number of nitrogens with one attached hydrogen (secondary N) is 1. The van der Waals surface area contributed by atoms with E-state index in [1.807, 2.05) is 31.6 Å². The summed E-state index contributed by atoms with van der Waals surface area (Å²) in [7, 11) is 0. The molecule has 3 nitrogen and oxygen atoms in total. The Bertz CT molecular complexity index is 756. The Morgan fingerprint density at radius 3 is 2.95 bits per heavy atom. The predicted molar refractivity (Wildman–Crippen MR) is 85.7 cm³/mol. The van der Waals surface area contributed by atoms with Crippen molar-refractivity contribution in [3.63, 3.8) is 0 Å². The summed E-state index contributed by atoms with van der Waals surface area (Å²) >= 11 is 3.57. The fourth-order valence-corrected chi connectivity index (χ4v) is 2.64. The number of nitrogens with zero attached hydrogens (tertiary/aromatic N) is 2. The zero-order valence-corrected chi connectivity index (χ0v) is 12.7. The zero-order chi connectivity index (χ0) is 13.9. The first kappa shape index (κ1) is 13.1. The monoisotopic (exact) mass is 327 g/mol. The minimum atomic E-state index is 0.728. The maximum Gasteiger partial charge on any atom is 0.0763 e. The Kier molecular flexibility index (Phi) is 3.65. The van der Waals surface area contributed by atoms with Crippen molar-refractivity contribution in [2.24, 2.45) is 0 Å². The molecule has 4 heteroatoms. The molecule has 2 heterocycles. The van der Waals surface area contributed by atoms with E-state index in [0.717, 1.165) is 33.2 Å². The van der Waals surface area contributed by atoms with Crippen molar-refractivity contribution >= 4 is 32.5 Å². The number of halogens is 1. The lowest BCUT2D eigenvalue weighted by Gasteiger charge is -2.10. The van der Waals surface area contributed by atoms with Crippen LogP contribution >= 0.6 is 15.9 Å². The Balaban J connectivity index is 1.90. The number of aryl methyl sites for hydroxylation is 1. The maximum absolute atomic E-state index is 4.49. The lowest BCUT2D eigenvalue weighted by atomic mass is 10.1. The third kappa shape index (κ3) is 2.65. The molecular weight excluding hydrogens is 314 g/mol. The molecule has 0 atom stereocenters. The molecule has 0 unspecified atom stereocenters. The van der Waals surface area contributed by atoms with E-state index in [0.29, 0.717) is 0 Å². The van der Waals surface area contributed by atoms with Gasteiger partial charge in [0.25, 0.3) is 0 Å². The summed E-state index contributed by atoms with van der Waals surface area (Å²) < 4.78 is 1.07. The molecule has 0 bridgehead atoms. The predicted octanol–water partition coefficient (Wildman–Crippen LogP) is 4.31. The Hall–Kier alpha value is -1.94. The fraction of sp³-hybridized carbons (Fsp3) is 0.125. The normalized spacial score (nSPS) is 10.7. The van der Waals surface area contributed by atoms with Crippen LogP contribution in [0.2, 0.25) is 0 Å². The smallest absolute Gasteiger partial charge is 0.0763 e. The molecule has 0 aliphatic heterocycles. The molecule has 100 valence electrons. The van der Waals surface area contributed by atoms with Gasteiger partial charge in [0.1, 0.15) is 0 Å². The minimum Gasteiger partial charge on any atom is -0.380 e. The van der Waals surface area contributed by atoms with Crippen molar-refractivity contribution in [2.75, 3.05) is 5.32 Å². The second kappa shape index (κ2) is 5.59. The summed E-state index contributed by atoms with van der Waals surface area (Å²) in [6, 6.07) is 10.3. The van der Waals surface area contributed by atoms with Gasteiger partial charge in [0, 0.05) is 35.0 Å². The summed E-state index contributed by atoms with van der Waals surface area (Å²) in [5.74, 6) is 0. The molecule has 0 fully saturated rings. The topological polar surface area (TPSA) is 37.8 Å². The molecule has 2 aromatic heterocycles. The van der Waals surface area contributed by atoms with Gasteiger partial charge in [0.2, 0.25) is 0 Å². The molecule has 0 saturated heterocycles. The number of anilines is 1. The SMILES string of the molecule is Cc1cncc(NCc2ccc(Br)c3cccnc23)c1. The highest BCUT2D eigenvalue weighted by Crippen LogP contribution is 2.25. The Morgan fingerprint density at radius 1 is 1.20 bits per heavy atom. The van der Waals surface area contributed by atoms with E-state index in [4.69, 9.17) is 0 Å². The van der Waals surface area contributed by atoms with Crippen molar-refractivity contribution in [3.8, 4) is 0 Å². The van der Waals surface area contributed by atoms with Crippen molar-refractivity contribution in [1.29, 1.82) is 0 Å². The van der Waals surface area contributed by atoms with Crippen LogP contribution in [0.1, 0.15) is 11.1 Å². The maximum atomic E-state index is 4.49. The van der Waals surface area contributed by atoms with E-state index in [-0.39, 0.29) is 0 Å². The molecule has 3 rings (SSSR count). The van der Waals surface area contributed by atoms with Gasteiger partial charge in [-0.25, -0.2) is 0 Å². The lowest BCUT2D eigenvalue weighted by Crippen LogP contribution is -2.01. The van der Waals surface area contributed by atoms with Gasteiger partial charge >= 0.3 is 0 Å². The summed E-state index contributed by atoms with van der Waals surface area (Å²) in [5.41, 5.74) is 4.37. The number of benzene rings is 1. The molecule has 0 radical (unpaired) electrons. The molecule has 3 aromatic rings. The Labute approximate surface area is 126 Å². The molecule has 0 aliphatic carbocycles. The van der Waals surface area contributed by atoms with Gasteiger partial charge in [-0.2, -0.15) is 0 Å². The number of fused-ring (bicyclic) bond motifs is 1. The van der Waals surface area contributed by atoms with Crippen LogP contribution in [0.25, 0.3) is 10.9 Å². The Morgan fingerprint density at radius 2 is 2.10 bits per heavy atom. The third-order valence-corrected chi connectivity index (χ3v) is 3.85. The van der Waals surface area contributed by atoms with Crippen LogP contribution in [0.5, 0.6) is 0 Å². The van der Waals surface area contributed by atoms with Gasteiger partial charge < -0.3 is 5.32 Å². The van der Waals surface area contributed by atoms with E-state index in [9.17, 15) is 0 Å². The molecule has 1 aromatic carbocycles. The fourth-order valence-electron chi connectivity index (χ4n) is 2.19. The standard InChI is InChI=1S/C16H14BrN3/c1-11-7-13(10-18-8-11)20-9-12-4-5-15(17)14-3-2-6-19-16(12)14/h2-8,10,20H,9H2,1H3. The van der Waals surface area contributed by atoms with Gasteiger partial charge in [-0.05, 0) is 36.2 Å². The van der Waals surface area contributed by atoms with Crippen LogP contribution in [-0.4, -0.2) is 9.97 Å². The van der Waals surface area contributed by atoms with Crippen molar-refractivity contribution in [2.45, 2.75) is 13.5 Å². The summed E-state index contributed by atoms with van der Waals surface area (Å²) in [4.78, 5) is 8.67.